The quantitative estimate of drug-likeness (QED) is 0.111. The minimum Gasteiger partial charge on any atom is -0.486 e. The van der Waals surface area contributed by atoms with E-state index < -0.39 is 13.3 Å². The van der Waals surface area contributed by atoms with Gasteiger partial charge in [0, 0.05) is 37.4 Å². The molecule has 10 aromatic rings. The molecule has 0 aliphatic carbocycles. The zero-order valence-electron chi connectivity index (χ0n) is 40.5. The molecule has 10 rings (SSSR count). The molecule has 68 heavy (non-hydrogen) atoms. The van der Waals surface area contributed by atoms with Crippen LogP contribution in [-0.2, 0) is 26.5 Å². The Balaban J connectivity index is 0.000000240. The Labute approximate surface area is 416 Å². The molecule has 0 saturated heterocycles. The summed E-state index contributed by atoms with van der Waals surface area (Å²) in [4.78, 5) is 18.9. The molecule has 5 heterocycles. The van der Waals surface area contributed by atoms with E-state index in [1.54, 1.807) is 12.3 Å². The molecule has 5 aromatic carbocycles. The van der Waals surface area contributed by atoms with Gasteiger partial charge in [0.05, 0.1) is 28.6 Å². The Bertz CT molecular complexity index is 3470. The number of fused-ring (bicyclic) bond motifs is 5. The Hall–Kier alpha value is -6.24. The number of hydrogen-bond donors (Lipinski definition) is 0. The fourth-order valence-electron chi connectivity index (χ4n) is 9.11. The Kier molecular flexibility index (Phi) is 13.8. The maximum absolute atomic E-state index is 9.45. The van der Waals surface area contributed by atoms with Gasteiger partial charge in [0.25, 0.3) is 0 Å². The number of hydrogen-bond acceptors (Lipinski definition) is 6. The van der Waals surface area contributed by atoms with E-state index in [1.807, 2.05) is 48.7 Å². The fourth-order valence-corrected chi connectivity index (χ4v) is 12.4. The van der Waals surface area contributed by atoms with Gasteiger partial charge in [-0.15, -0.1) is 18.2 Å². The van der Waals surface area contributed by atoms with Crippen LogP contribution in [0.3, 0.4) is 0 Å². The molecule has 0 N–H and O–H groups in total. The summed E-state index contributed by atoms with van der Waals surface area (Å²) >= 11 is -1.90. The second-order valence-electron chi connectivity index (χ2n) is 20.4. The molecule has 1 radical (unpaired) electrons. The van der Waals surface area contributed by atoms with Gasteiger partial charge in [-0.3, -0.25) is 9.97 Å². The van der Waals surface area contributed by atoms with E-state index in [9.17, 15) is 5.26 Å². The van der Waals surface area contributed by atoms with Crippen LogP contribution < -0.4 is 4.40 Å². The molecule has 0 fully saturated rings. The number of furan rings is 1. The van der Waals surface area contributed by atoms with Crippen molar-refractivity contribution in [3.05, 3.63) is 168 Å². The normalized spacial score (nSPS) is 11.9. The number of imidazole rings is 1. The van der Waals surface area contributed by atoms with Gasteiger partial charge in [-0.1, -0.05) is 75.0 Å². The van der Waals surface area contributed by atoms with Crippen molar-refractivity contribution >= 4 is 61.5 Å². The molecule has 0 spiro atoms. The van der Waals surface area contributed by atoms with Crippen molar-refractivity contribution in [3.63, 3.8) is 0 Å². The molecule has 0 aliphatic heterocycles. The van der Waals surface area contributed by atoms with Crippen LogP contribution in [-0.4, -0.2) is 37.8 Å². The third-order valence-corrected chi connectivity index (χ3v) is 16.7. The van der Waals surface area contributed by atoms with Crippen molar-refractivity contribution in [3.8, 4) is 45.5 Å². The molecule has 9 heteroatoms. The van der Waals surface area contributed by atoms with Gasteiger partial charge >= 0.3 is 132 Å². The van der Waals surface area contributed by atoms with Gasteiger partial charge in [-0.05, 0) is 81.3 Å². The monoisotopic (exact) mass is 1130 g/mol. The molecule has 0 aliphatic rings. The first-order valence-electron chi connectivity index (χ1n) is 23.2. The van der Waals surface area contributed by atoms with Crippen molar-refractivity contribution in [1.29, 1.82) is 5.26 Å². The molecule has 0 saturated carbocycles. The first kappa shape index (κ1) is 48.2. The summed E-state index contributed by atoms with van der Waals surface area (Å²) in [5.41, 5.74) is 13.7. The fraction of sp³-hybridized carbons (Fsp3) is 0.237. The average Bonchev–Trinajstić information content (AvgIpc) is 3.89. The molecular weight excluding hydrogens is 1070 g/mol. The van der Waals surface area contributed by atoms with Crippen LogP contribution in [0.1, 0.15) is 82.7 Å². The summed E-state index contributed by atoms with van der Waals surface area (Å²) in [5, 5.41) is 13.6. The maximum Gasteiger partial charge on any atom is 0.217 e. The van der Waals surface area contributed by atoms with E-state index in [1.165, 1.54) is 43.0 Å². The number of rotatable bonds is 8. The number of nitrogens with zero attached hydrogens (tertiary/aromatic N) is 6. The van der Waals surface area contributed by atoms with Crippen molar-refractivity contribution < 1.29 is 24.5 Å². The van der Waals surface area contributed by atoms with Crippen LogP contribution in [0.2, 0.25) is 17.3 Å². The summed E-state index contributed by atoms with van der Waals surface area (Å²) in [6.45, 7) is 15.9. The molecule has 0 unspecified atom stereocenters. The number of nitriles is 1. The summed E-state index contributed by atoms with van der Waals surface area (Å²) in [7, 11) is 0. The van der Waals surface area contributed by atoms with Gasteiger partial charge in [0.2, 0.25) is 5.71 Å². The molecule has 0 amide bonds. The van der Waals surface area contributed by atoms with E-state index >= 15 is 0 Å². The largest absolute Gasteiger partial charge is 0.486 e. The van der Waals surface area contributed by atoms with Gasteiger partial charge < -0.3 is 8.98 Å². The standard InChI is InChI=1S/C40H30N5O.C19H26GeN.Ir/c1-23(2)33-19-28(27-13-12-25-8-5-6-9-26(25)18-27)20-34(24(3)4)37(33)45-36-22-42-17-16-35(36)44-39(45)32-11-7-10-30-31-15-14-29(21-41)43-40(31)46-38(30)32;1-19(2,3)13-16-12-18(15-10-8-7-9-11-15)21-14-17(16)20(4,5)6;/h5-10,12-20,22-24H,1-4H3;7-10,12,14H,13H2,1-6H3;/q2*-1;. The van der Waals surface area contributed by atoms with E-state index in [2.05, 4.69) is 171 Å². The Morgan fingerprint density at radius 3 is 2.16 bits per heavy atom. The van der Waals surface area contributed by atoms with Crippen LogP contribution >= 0.6 is 0 Å². The molecule has 5 aromatic heterocycles. The van der Waals surface area contributed by atoms with Crippen LogP contribution in [0, 0.1) is 28.9 Å². The van der Waals surface area contributed by atoms with Crippen molar-refractivity contribution in [2.75, 3.05) is 0 Å². The van der Waals surface area contributed by atoms with Crippen LogP contribution in [0.5, 0.6) is 0 Å². The van der Waals surface area contributed by atoms with Crippen molar-refractivity contribution in [1.82, 2.24) is 24.5 Å². The maximum atomic E-state index is 9.45. The summed E-state index contributed by atoms with van der Waals surface area (Å²) in [6.07, 6.45) is 6.90. The third kappa shape index (κ3) is 9.71. The SMILES string of the molecule is CC(C)(C)Cc1cc(-c2[c-]cccc2)nc[c]1[Ge]([CH3])([CH3])[CH3].CC(C)c1cc(-c2ccc3ccccc3c2)cc(C(C)C)c1-n1c(-c2[c-]ccc3c2oc2nc(C#N)ccc23)nc2ccncc21.[Ir]. The number of pyridine rings is 3. The average molecular weight is 1130 g/mol. The number of aromatic nitrogens is 5. The van der Waals surface area contributed by atoms with Crippen molar-refractivity contribution in [2.24, 2.45) is 5.41 Å². The summed E-state index contributed by atoms with van der Waals surface area (Å²) < 4.78 is 10.1. The predicted molar refractivity (Wildman–Crippen MR) is 279 cm³/mol. The second-order valence-corrected chi connectivity index (χ2v) is 30.9. The molecule has 0 atom stereocenters. The van der Waals surface area contributed by atoms with Crippen LogP contribution in [0.4, 0.5) is 0 Å². The first-order valence-corrected chi connectivity index (χ1v) is 30.5. The Morgan fingerprint density at radius 1 is 0.750 bits per heavy atom. The van der Waals surface area contributed by atoms with Gasteiger partial charge in [-0.25, -0.2) is 4.98 Å². The second kappa shape index (κ2) is 19.4. The zero-order valence-corrected chi connectivity index (χ0v) is 45.0. The van der Waals surface area contributed by atoms with Crippen LogP contribution in [0.15, 0.2) is 138 Å². The van der Waals surface area contributed by atoms with E-state index in [0.717, 1.165) is 56.6 Å². The number of benzene rings is 5. The third-order valence-electron chi connectivity index (χ3n) is 12.3. The zero-order chi connectivity index (χ0) is 47.2. The summed E-state index contributed by atoms with van der Waals surface area (Å²) in [6, 6.07) is 48.5. The van der Waals surface area contributed by atoms with E-state index in [-0.39, 0.29) is 31.9 Å². The van der Waals surface area contributed by atoms with Gasteiger partial charge in [0.15, 0.2) is 0 Å². The predicted octanol–water partition coefficient (Wildman–Crippen LogP) is 14.8. The molecular formula is C59H56GeIrN6O-2. The van der Waals surface area contributed by atoms with Gasteiger partial charge in [-0.2, -0.15) is 5.26 Å². The molecule has 0 bridgehead atoms. The molecule has 7 nitrogen and oxygen atoms in total. The minimum absolute atomic E-state index is 0. The van der Waals surface area contributed by atoms with Crippen molar-refractivity contribution in [2.45, 2.75) is 84.0 Å². The van der Waals surface area contributed by atoms with E-state index in [0.29, 0.717) is 22.4 Å². The first-order chi connectivity index (χ1) is 32.1. The van der Waals surface area contributed by atoms with Crippen LogP contribution in [0.25, 0.3) is 83.3 Å². The van der Waals surface area contributed by atoms with E-state index in [4.69, 9.17) is 14.4 Å². The topological polar surface area (TPSA) is 93.4 Å². The minimum atomic E-state index is -1.90. The Morgan fingerprint density at radius 2 is 1.49 bits per heavy atom. The van der Waals surface area contributed by atoms with Gasteiger partial charge in [0.1, 0.15) is 11.8 Å². The smallest absolute Gasteiger partial charge is 0.217 e. The summed E-state index contributed by atoms with van der Waals surface area (Å²) in [5.74, 6) is 8.48. The molecule has 343 valence electrons.